The first-order chi connectivity index (χ1) is 10.5. The van der Waals surface area contributed by atoms with Crippen molar-refractivity contribution in [1.29, 1.82) is 0 Å². The zero-order valence-electron chi connectivity index (χ0n) is 13.5. The number of benzene rings is 1. The normalized spacial score (nSPS) is 20.0. The van der Waals surface area contributed by atoms with Gasteiger partial charge in [0.05, 0.1) is 20.3 Å². The van der Waals surface area contributed by atoms with E-state index in [0.29, 0.717) is 32.7 Å². The summed E-state index contributed by atoms with van der Waals surface area (Å²) in [4.78, 5) is 12.0. The molecule has 22 heavy (non-hydrogen) atoms. The average Bonchev–Trinajstić information content (AvgIpc) is 2.87. The Morgan fingerprint density at radius 1 is 1.32 bits per heavy atom. The molecule has 0 spiro atoms. The lowest BCUT2D eigenvalue weighted by Crippen LogP contribution is -2.27. The second-order valence-corrected chi connectivity index (χ2v) is 5.79. The number of hydrogen-bond acceptors (Lipinski definition) is 5. The zero-order chi connectivity index (χ0) is 16.0. The van der Waals surface area contributed by atoms with Crippen molar-refractivity contribution in [3.8, 4) is 5.75 Å². The molecule has 0 aliphatic carbocycles. The Balaban J connectivity index is 1.60. The summed E-state index contributed by atoms with van der Waals surface area (Å²) in [6.45, 7) is 5.07. The summed E-state index contributed by atoms with van der Waals surface area (Å²) in [5, 5.41) is 0. The van der Waals surface area contributed by atoms with E-state index in [1.807, 2.05) is 38.1 Å². The van der Waals surface area contributed by atoms with E-state index in [1.54, 1.807) is 7.11 Å². The third-order valence-electron chi connectivity index (χ3n) is 3.51. The van der Waals surface area contributed by atoms with Crippen molar-refractivity contribution >= 4 is 5.78 Å². The molecule has 0 N–H and O–H groups in total. The molecule has 1 aliphatic heterocycles. The minimum atomic E-state index is -0.648. The van der Waals surface area contributed by atoms with Gasteiger partial charge in [0.15, 0.2) is 11.6 Å². The maximum atomic E-state index is 12.0. The Hall–Kier alpha value is -1.43. The summed E-state index contributed by atoms with van der Waals surface area (Å²) >= 11 is 0. The summed E-state index contributed by atoms with van der Waals surface area (Å²) in [5.41, 5.74) is 1.08. The summed E-state index contributed by atoms with van der Waals surface area (Å²) in [6.07, 6.45) is 0.707. The van der Waals surface area contributed by atoms with Crippen molar-refractivity contribution in [2.75, 3.05) is 20.3 Å². The first-order valence-electron chi connectivity index (χ1n) is 7.55. The lowest BCUT2D eigenvalue weighted by atomic mass is 10.1. The van der Waals surface area contributed by atoms with Crippen LogP contribution in [0.5, 0.6) is 5.75 Å². The van der Waals surface area contributed by atoms with Crippen LogP contribution in [0.4, 0.5) is 0 Å². The number of rotatable bonds is 8. The Bertz CT molecular complexity index is 480. The van der Waals surface area contributed by atoms with Gasteiger partial charge in [0, 0.05) is 13.0 Å². The van der Waals surface area contributed by atoms with Gasteiger partial charge in [-0.3, -0.25) is 4.79 Å². The van der Waals surface area contributed by atoms with Crippen LogP contribution in [0.2, 0.25) is 0 Å². The van der Waals surface area contributed by atoms with Gasteiger partial charge in [-0.05, 0) is 38.0 Å². The van der Waals surface area contributed by atoms with Gasteiger partial charge in [-0.25, -0.2) is 0 Å². The highest BCUT2D eigenvalue weighted by atomic mass is 16.7. The molecule has 1 fully saturated rings. The molecule has 0 saturated carbocycles. The smallest absolute Gasteiger partial charge is 0.164 e. The van der Waals surface area contributed by atoms with Crippen LogP contribution in [0.1, 0.15) is 32.3 Å². The van der Waals surface area contributed by atoms with Crippen molar-refractivity contribution in [3.63, 3.8) is 0 Å². The molecular formula is C17H24O5. The van der Waals surface area contributed by atoms with Gasteiger partial charge in [-0.2, -0.15) is 0 Å². The van der Waals surface area contributed by atoms with Crippen molar-refractivity contribution in [3.05, 3.63) is 29.8 Å². The molecule has 0 unspecified atom stereocenters. The van der Waals surface area contributed by atoms with Crippen LogP contribution in [0.3, 0.4) is 0 Å². The first kappa shape index (κ1) is 16.9. The summed E-state index contributed by atoms with van der Waals surface area (Å²) in [6, 6.07) is 7.74. The van der Waals surface area contributed by atoms with E-state index >= 15 is 0 Å². The fraction of sp³-hybridized carbons (Fsp3) is 0.588. The summed E-state index contributed by atoms with van der Waals surface area (Å²) < 4.78 is 21.6. The fourth-order valence-electron chi connectivity index (χ4n) is 2.27. The minimum absolute atomic E-state index is 0.0821. The van der Waals surface area contributed by atoms with Crippen LogP contribution < -0.4 is 4.74 Å². The van der Waals surface area contributed by atoms with Crippen LogP contribution in [0.25, 0.3) is 0 Å². The molecule has 1 saturated heterocycles. The molecule has 122 valence electrons. The SMILES string of the molecule is COc1ccc(COCCCC(=O)[C@H]2COC(C)(C)O2)cc1. The molecule has 5 heteroatoms. The lowest BCUT2D eigenvalue weighted by Gasteiger charge is -2.16. The second kappa shape index (κ2) is 7.72. The van der Waals surface area contributed by atoms with Crippen LogP contribution in [-0.4, -0.2) is 38.0 Å². The first-order valence-corrected chi connectivity index (χ1v) is 7.55. The van der Waals surface area contributed by atoms with Crippen molar-refractivity contribution in [2.45, 2.75) is 45.2 Å². The van der Waals surface area contributed by atoms with Gasteiger partial charge in [-0.1, -0.05) is 12.1 Å². The largest absolute Gasteiger partial charge is 0.497 e. The Morgan fingerprint density at radius 3 is 2.64 bits per heavy atom. The second-order valence-electron chi connectivity index (χ2n) is 5.79. The van der Waals surface area contributed by atoms with Gasteiger partial charge < -0.3 is 18.9 Å². The third-order valence-corrected chi connectivity index (χ3v) is 3.51. The maximum Gasteiger partial charge on any atom is 0.164 e. The van der Waals surface area contributed by atoms with E-state index in [-0.39, 0.29) is 5.78 Å². The third kappa shape index (κ3) is 5.09. The van der Waals surface area contributed by atoms with Gasteiger partial charge in [0.1, 0.15) is 11.9 Å². The molecule has 1 heterocycles. The minimum Gasteiger partial charge on any atom is -0.497 e. The standard InChI is InChI=1S/C17H24O5/c1-17(2)21-12-16(22-17)15(18)5-4-10-20-11-13-6-8-14(19-3)9-7-13/h6-9,16H,4-5,10-12H2,1-3H3/t16-/m1/s1. The van der Waals surface area contributed by atoms with Crippen molar-refractivity contribution in [1.82, 2.24) is 0 Å². The molecule has 5 nitrogen and oxygen atoms in total. The van der Waals surface area contributed by atoms with Crippen molar-refractivity contribution in [2.24, 2.45) is 0 Å². The summed E-state index contributed by atoms with van der Waals surface area (Å²) in [7, 11) is 1.64. The number of carbonyl (C=O) groups is 1. The Morgan fingerprint density at radius 2 is 2.05 bits per heavy atom. The predicted molar refractivity (Wildman–Crippen MR) is 81.8 cm³/mol. The Kier molecular flexibility index (Phi) is 5.94. The molecule has 1 aromatic rings. The number of Topliss-reactive ketones (excluding diaryl/α,β-unsaturated/α-hetero) is 1. The number of ether oxygens (including phenoxy) is 4. The molecule has 2 rings (SSSR count). The topological polar surface area (TPSA) is 54.0 Å². The fourth-order valence-corrected chi connectivity index (χ4v) is 2.27. The quantitative estimate of drug-likeness (QED) is 0.691. The highest BCUT2D eigenvalue weighted by Crippen LogP contribution is 2.23. The van der Waals surface area contributed by atoms with Gasteiger partial charge in [-0.15, -0.1) is 0 Å². The van der Waals surface area contributed by atoms with E-state index in [0.717, 1.165) is 11.3 Å². The van der Waals surface area contributed by atoms with E-state index in [1.165, 1.54) is 0 Å². The molecule has 0 aromatic heterocycles. The van der Waals surface area contributed by atoms with Crippen LogP contribution in [0, 0.1) is 0 Å². The molecule has 0 bridgehead atoms. The van der Waals surface area contributed by atoms with E-state index < -0.39 is 11.9 Å². The zero-order valence-corrected chi connectivity index (χ0v) is 13.5. The number of hydrogen-bond donors (Lipinski definition) is 0. The summed E-state index contributed by atoms with van der Waals surface area (Å²) in [5.74, 6) is 0.264. The average molecular weight is 308 g/mol. The van der Waals surface area contributed by atoms with Gasteiger partial charge in [0.25, 0.3) is 0 Å². The van der Waals surface area contributed by atoms with Crippen LogP contribution >= 0.6 is 0 Å². The Labute approximate surface area is 131 Å². The van der Waals surface area contributed by atoms with E-state index in [2.05, 4.69) is 0 Å². The monoisotopic (exact) mass is 308 g/mol. The number of carbonyl (C=O) groups excluding carboxylic acids is 1. The number of ketones is 1. The maximum absolute atomic E-state index is 12.0. The predicted octanol–water partition coefficient (Wildman–Crippen LogP) is 2.71. The van der Waals surface area contributed by atoms with Crippen LogP contribution in [-0.2, 0) is 25.6 Å². The molecular weight excluding hydrogens is 284 g/mol. The molecule has 1 atom stereocenters. The van der Waals surface area contributed by atoms with Gasteiger partial charge >= 0.3 is 0 Å². The molecule has 0 amide bonds. The highest BCUT2D eigenvalue weighted by molar-refractivity contribution is 5.83. The lowest BCUT2D eigenvalue weighted by molar-refractivity contribution is -0.152. The number of methoxy groups -OCH3 is 1. The van der Waals surface area contributed by atoms with Crippen molar-refractivity contribution < 1.29 is 23.7 Å². The van der Waals surface area contributed by atoms with Crippen LogP contribution in [0.15, 0.2) is 24.3 Å². The molecule has 1 aliphatic rings. The molecule has 0 radical (unpaired) electrons. The molecule has 1 aromatic carbocycles. The van der Waals surface area contributed by atoms with E-state index in [4.69, 9.17) is 18.9 Å². The highest BCUT2D eigenvalue weighted by Gasteiger charge is 2.36. The van der Waals surface area contributed by atoms with Gasteiger partial charge in [0.2, 0.25) is 0 Å². The van der Waals surface area contributed by atoms with E-state index in [9.17, 15) is 4.79 Å².